The third-order valence-electron chi connectivity index (χ3n) is 5.75. The second kappa shape index (κ2) is 6.95. The molecule has 5 nitrogen and oxygen atoms in total. The lowest BCUT2D eigenvalue weighted by atomic mass is 9.96. The van der Waals surface area contributed by atoms with Crippen LogP contribution in [0.15, 0.2) is 61.2 Å². The van der Waals surface area contributed by atoms with E-state index in [-0.39, 0.29) is 0 Å². The van der Waals surface area contributed by atoms with E-state index in [2.05, 4.69) is 82.8 Å². The minimum absolute atomic E-state index is 0.698. The topological polar surface area (TPSA) is 52.8 Å². The molecule has 0 spiro atoms. The van der Waals surface area contributed by atoms with Gasteiger partial charge in [0.1, 0.15) is 18.4 Å². The molecule has 2 heterocycles. The first kappa shape index (κ1) is 18.3. The van der Waals surface area contributed by atoms with Crippen molar-refractivity contribution < 1.29 is 4.74 Å². The number of aromatic nitrogens is 4. The van der Waals surface area contributed by atoms with Gasteiger partial charge in [-0.25, -0.2) is 15.0 Å². The number of para-hydroxylation sites is 1. The van der Waals surface area contributed by atoms with Gasteiger partial charge in [-0.05, 0) is 61.7 Å². The average Bonchev–Trinajstić information content (AvgIpc) is 3.08. The highest BCUT2D eigenvalue weighted by Gasteiger charge is 2.20. The van der Waals surface area contributed by atoms with Gasteiger partial charge < -0.3 is 9.30 Å². The van der Waals surface area contributed by atoms with Crippen molar-refractivity contribution >= 4 is 21.8 Å². The zero-order valence-corrected chi connectivity index (χ0v) is 17.5. The molecule has 5 aromatic rings. The van der Waals surface area contributed by atoms with Crippen molar-refractivity contribution in [3.8, 4) is 22.8 Å². The number of aryl methyl sites for hydroxylation is 2. The van der Waals surface area contributed by atoms with E-state index in [9.17, 15) is 0 Å². The fraction of sp³-hybridized carbons (Fsp3) is 0.160. The number of nitrogens with zero attached hydrogens (tertiary/aromatic N) is 4. The molecule has 5 rings (SSSR count). The maximum Gasteiger partial charge on any atom is 0.163 e. The van der Waals surface area contributed by atoms with Gasteiger partial charge in [0.05, 0.1) is 23.8 Å². The van der Waals surface area contributed by atoms with Crippen molar-refractivity contribution in [2.45, 2.75) is 20.8 Å². The van der Waals surface area contributed by atoms with Crippen molar-refractivity contribution in [3.05, 3.63) is 77.9 Å². The van der Waals surface area contributed by atoms with Crippen LogP contribution in [-0.4, -0.2) is 26.6 Å². The molecule has 0 fully saturated rings. The van der Waals surface area contributed by atoms with Crippen LogP contribution < -0.4 is 4.74 Å². The van der Waals surface area contributed by atoms with Crippen LogP contribution in [0.1, 0.15) is 16.7 Å². The first-order valence-electron chi connectivity index (χ1n) is 9.91. The minimum Gasteiger partial charge on any atom is -0.497 e. The third-order valence-corrected chi connectivity index (χ3v) is 5.75. The Bertz CT molecular complexity index is 1400. The number of benzene rings is 3. The molecule has 0 aliphatic rings. The number of rotatable bonds is 3. The normalized spacial score (nSPS) is 11.3. The SMILES string of the molecule is COc1ccc2c(c1)c1ccccc1n2-c1c(C)cc(C)c(-c2ncncn2)c1C. The molecule has 148 valence electrons. The van der Waals surface area contributed by atoms with Crippen LogP contribution in [0.3, 0.4) is 0 Å². The van der Waals surface area contributed by atoms with E-state index in [1.807, 2.05) is 6.07 Å². The van der Waals surface area contributed by atoms with Crippen molar-refractivity contribution in [3.63, 3.8) is 0 Å². The summed E-state index contributed by atoms with van der Waals surface area (Å²) in [7, 11) is 1.70. The number of fused-ring (bicyclic) bond motifs is 3. The molecular weight excluding hydrogens is 372 g/mol. The number of ether oxygens (including phenoxy) is 1. The Hall–Kier alpha value is -3.73. The summed E-state index contributed by atoms with van der Waals surface area (Å²) in [5.74, 6) is 1.55. The van der Waals surface area contributed by atoms with Crippen LogP contribution in [0.25, 0.3) is 38.9 Å². The predicted molar refractivity (Wildman–Crippen MR) is 120 cm³/mol. The summed E-state index contributed by atoms with van der Waals surface area (Å²) in [5, 5.41) is 2.37. The Kier molecular flexibility index (Phi) is 4.24. The Balaban J connectivity index is 1.91. The third kappa shape index (κ3) is 2.66. The first-order valence-corrected chi connectivity index (χ1v) is 9.91. The van der Waals surface area contributed by atoms with E-state index in [0.717, 1.165) is 39.2 Å². The summed E-state index contributed by atoms with van der Waals surface area (Å²) in [6.45, 7) is 6.43. The summed E-state index contributed by atoms with van der Waals surface area (Å²) < 4.78 is 7.84. The molecule has 3 aromatic carbocycles. The molecule has 0 saturated heterocycles. The lowest BCUT2D eigenvalue weighted by Crippen LogP contribution is -2.05. The van der Waals surface area contributed by atoms with E-state index in [0.29, 0.717) is 5.82 Å². The van der Waals surface area contributed by atoms with Gasteiger partial charge in [0, 0.05) is 16.3 Å². The zero-order valence-electron chi connectivity index (χ0n) is 17.5. The van der Waals surface area contributed by atoms with Gasteiger partial charge in [0.15, 0.2) is 5.82 Å². The highest BCUT2D eigenvalue weighted by atomic mass is 16.5. The molecule has 0 atom stereocenters. The van der Waals surface area contributed by atoms with Gasteiger partial charge in [-0.3, -0.25) is 0 Å². The molecule has 5 heteroatoms. The summed E-state index contributed by atoms with van der Waals surface area (Å²) >= 11 is 0. The van der Waals surface area contributed by atoms with Gasteiger partial charge in [0.2, 0.25) is 0 Å². The van der Waals surface area contributed by atoms with Gasteiger partial charge in [-0.15, -0.1) is 0 Å². The second-order valence-corrected chi connectivity index (χ2v) is 7.56. The highest BCUT2D eigenvalue weighted by Crippen LogP contribution is 2.38. The van der Waals surface area contributed by atoms with Crippen molar-refractivity contribution in [1.29, 1.82) is 0 Å². The number of hydrogen-bond donors (Lipinski definition) is 0. The Morgan fingerprint density at radius 2 is 1.53 bits per heavy atom. The average molecular weight is 394 g/mol. The standard InChI is InChI=1S/C25H22N4O/c1-15-11-16(2)24(17(3)23(15)25-27-13-26-14-28-25)29-21-8-6-5-7-19(21)20-12-18(30-4)9-10-22(20)29/h5-14H,1-4H3. The molecule has 0 radical (unpaired) electrons. The minimum atomic E-state index is 0.698. The maximum absolute atomic E-state index is 5.49. The Morgan fingerprint density at radius 1 is 0.800 bits per heavy atom. The Morgan fingerprint density at radius 3 is 2.30 bits per heavy atom. The fourth-order valence-electron chi connectivity index (χ4n) is 4.55. The van der Waals surface area contributed by atoms with Crippen LogP contribution in [0.5, 0.6) is 5.75 Å². The zero-order chi connectivity index (χ0) is 20.8. The molecule has 30 heavy (non-hydrogen) atoms. The molecule has 0 aliphatic heterocycles. The van der Waals surface area contributed by atoms with Crippen molar-refractivity contribution in [2.24, 2.45) is 0 Å². The quantitative estimate of drug-likeness (QED) is 0.401. The maximum atomic E-state index is 5.49. The number of methoxy groups -OCH3 is 1. The van der Waals surface area contributed by atoms with Gasteiger partial charge in [-0.1, -0.05) is 24.3 Å². The lowest BCUT2D eigenvalue weighted by molar-refractivity contribution is 0.415. The smallest absolute Gasteiger partial charge is 0.163 e. The number of hydrogen-bond acceptors (Lipinski definition) is 4. The van der Waals surface area contributed by atoms with Gasteiger partial charge in [0.25, 0.3) is 0 Å². The van der Waals surface area contributed by atoms with E-state index in [1.165, 1.54) is 16.3 Å². The molecule has 0 saturated carbocycles. The van der Waals surface area contributed by atoms with E-state index in [4.69, 9.17) is 4.74 Å². The molecule has 0 amide bonds. The lowest BCUT2D eigenvalue weighted by Gasteiger charge is -2.19. The monoisotopic (exact) mass is 394 g/mol. The highest BCUT2D eigenvalue weighted by molar-refractivity contribution is 6.10. The van der Waals surface area contributed by atoms with Crippen molar-refractivity contribution in [1.82, 2.24) is 19.5 Å². The fourth-order valence-corrected chi connectivity index (χ4v) is 4.55. The predicted octanol–water partition coefficient (Wildman–Crippen LogP) is 5.57. The summed E-state index contributed by atoms with van der Waals surface area (Å²) in [5.41, 5.74) is 8.04. The molecule has 2 aromatic heterocycles. The van der Waals surface area contributed by atoms with Gasteiger partial charge >= 0.3 is 0 Å². The molecule has 0 aliphatic carbocycles. The summed E-state index contributed by atoms with van der Waals surface area (Å²) in [6, 6.07) is 17.0. The van der Waals surface area contributed by atoms with Crippen molar-refractivity contribution in [2.75, 3.05) is 7.11 Å². The van der Waals surface area contributed by atoms with Crippen LogP contribution in [0.2, 0.25) is 0 Å². The summed E-state index contributed by atoms with van der Waals surface area (Å²) in [6.07, 6.45) is 3.10. The molecule has 0 N–H and O–H groups in total. The second-order valence-electron chi connectivity index (χ2n) is 7.56. The van der Waals surface area contributed by atoms with E-state index < -0.39 is 0 Å². The molecule has 0 unspecified atom stereocenters. The summed E-state index contributed by atoms with van der Waals surface area (Å²) in [4.78, 5) is 12.8. The largest absolute Gasteiger partial charge is 0.497 e. The Labute approximate surface area is 175 Å². The van der Waals surface area contributed by atoms with E-state index in [1.54, 1.807) is 19.8 Å². The van der Waals surface area contributed by atoms with Crippen LogP contribution >= 0.6 is 0 Å². The van der Waals surface area contributed by atoms with Crippen LogP contribution in [0, 0.1) is 20.8 Å². The molecule has 0 bridgehead atoms. The van der Waals surface area contributed by atoms with Crippen LogP contribution in [0.4, 0.5) is 0 Å². The molecular formula is C25H22N4O. The first-order chi connectivity index (χ1) is 14.6. The van der Waals surface area contributed by atoms with E-state index >= 15 is 0 Å². The van der Waals surface area contributed by atoms with Gasteiger partial charge in [-0.2, -0.15) is 0 Å². The van der Waals surface area contributed by atoms with Crippen LogP contribution in [-0.2, 0) is 0 Å².